The third-order valence-electron chi connectivity index (χ3n) is 2.49. The first-order valence-corrected chi connectivity index (χ1v) is 5.59. The van der Waals surface area contributed by atoms with Crippen LogP contribution in [0.3, 0.4) is 0 Å². The van der Waals surface area contributed by atoms with E-state index in [2.05, 4.69) is 5.32 Å². The lowest BCUT2D eigenvalue weighted by Crippen LogP contribution is -2.39. The number of alkyl carbamates (subject to hydrolysis) is 1. The number of nitrogens with one attached hydrogen (secondary N) is 1. The van der Waals surface area contributed by atoms with Gasteiger partial charge in [-0.3, -0.25) is 0 Å². The van der Waals surface area contributed by atoms with Crippen molar-refractivity contribution in [2.24, 2.45) is 11.7 Å². The van der Waals surface area contributed by atoms with Crippen molar-refractivity contribution in [3.8, 4) is 0 Å². The van der Waals surface area contributed by atoms with Crippen LogP contribution in [-0.4, -0.2) is 24.3 Å². The first-order valence-electron chi connectivity index (χ1n) is 5.59. The summed E-state index contributed by atoms with van der Waals surface area (Å²) in [5.74, 6) is 0.690. The van der Waals surface area contributed by atoms with Crippen molar-refractivity contribution < 1.29 is 9.53 Å². The maximum atomic E-state index is 11.3. The van der Waals surface area contributed by atoms with Gasteiger partial charge < -0.3 is 15.8 Å². The van der Waals surface area contributed by atoms with Gasteiger partial charge in [-0.25, -0.2) is 4.79 Å². The highest BCUT2D eigenvalue weighted by Crippen LogP contribution is 2.27. The summed E-state index contributed by atoms with van der Waals surface area (Å²) in [6.07, 6.45) is 2.87. The predicted molar refractivity (Wildman–Crippen MR) is 59.6 cm³/mol. The standard InChI is InChI=1S/C11H22N2O2/c1-11(2,3)15-10(14)13-5-4-8-6-9(12)7-8/h8-9H,4-7,12H2,1-3H3,(H,13,14). The molecular weight excluding hydrogens is 192 g/mol. The van der Waals surface area contributed by atoms with Crippen molar-refractivity contribution in [3.63, 3.8) is 0 Å². The minimum Gasteiger partial charge on any atom is -0.444 e. The van der Waals surface area contributed by atoms with E-state index in [-0.39, 0.29) is 6.09 Å². The van der Waals surface area contributed by atoms with Crippen LogP contribution < -0.4 is 11.1 Å². The zero-order valence-electron chi connectivity index (χ0n) is 9.88. The van der Waals surface area contributed by atoms with Crippen LogP contribution in [-0.2, 0) is 4.74 Å². The fourth-order valence-electron chi connectivity index (χ4n) is 1.72. The SMILES string of the molecule is CC(C)(C)OC(=O)NCCC1CC(N)C1. The lowest BCUT2D eigenvalue weighted by Gasteiger charge is -2.32. The molecule has 1 aliphatic carbocycles. The molecule has 1 fully saturated rings. The zero-order chi connectivity index (χ0) is 11.5. The molecule has 0 radical (unpaired) electrons. The first-order chi connectivity index (χ1) is 6.87. The summed E-state index contributed by atoms with van der Waals surface area (Å²) in [5, 5.41) is 2.75. The second kappa shape index (κ2) is 4.84. The highest BCUT2D eigenvalue weighted by molar-refractivity contribution is 5.67. The Morgan fingerprint density at radius 1 is 1.47 bits per heavy atom. The third-order valence-corrected chi connectivity index (χ3v) is 2.49. The van der Waals surface area contributed by atoms with Gasteiger partial charge in [-0.05, 0) is 46.0 Å². The van der Waals surface area contributed by atoms with Crippen LogP contribution in [0.4, 0.5) is 4.79 Å². The molecule has 0 bridgehead atoms. The number of ether oxygens (including phenoxy) is 1. The summed E-state index contributed by atoms with van der Waals surface area (Å²) in [7, 11) is 0. The summed E-state index contributed by atoms with van der Waals surface area (Å²) in [6, 6.07) is 0.386. The van der Waals surface area contributed by atoms with Crippen molar-refractivity contribution in [2.75, 3.05) is 6.54 Å². The van der Waals surface area contributed by atoms with Crippen molar-refractivity contribution in [1.29, 1.82) is 0 Å². The Morgan fingerprint density at radius 2 is 2.07 bits per heavy atom. The minimum absolute atomic E-state index is 0.328. The van der Waals surface area contributed by atoms with Crippen LogP contribution in [0.2, 0.25) is 0 Å². The molecular formula is C11H22N2O2. The van der Waals surface area contributed by atoms with Gasteiger partial charge in [0.05, 0.1) is 0 Å². The van der Waals surface area contributed by atoms with Gasteiger partial charge in [0, 0.05) is 12.6 Å². The van der Waals surface area contributed by atoms with Gasteiger partial charge in [0.1, 0.15) is 5.60 Å². The van der Waals surface area contributed by atoms with E-state index in [1.54, 1.807) is 0 Å². The smallest absolute Gasteiger partial charge is 0.407 e. The summed E-state index contributed by atoms with van der Waals surface area (Å²) in [6.45, 7) is 6.26. The van der Waals surface area contributed by atoms with Gasteiger partial charge in [0.15, 0.2) is 0 Å². The molecule has 0 atom stereocenters. The second-order valence-corrected chi connectivity index (χ2v) is 5.31. The van der Waals surface area contributed by atoms with Crippen LogP contribution in [0.5, 0.6) is 0 Å². The van der Waals surface area contributed by atoms with E-state index in [1.165, 1.54) is 0 Å². The van der Waals surface area contributed by atoms with Crippen molar-refractivity contribution in [3.05, 3.63) is 0 Å². The zero-order valence-corrected chi connectivity index (χ0v) is 9.88. The summed E-state index contributed by atoms with van der Waals surface area (Å²) < 4.78 is 5.12. The van der Waals surface area contributed by atoms with Crippen molar-refractivity contribution in [1.82, 2.24) is 5.32 Å². The van der Waals surface area contributed by atoms with Crippen LogP contribution in [0.1, 0.15) is 40.0 Å². The summed E-state index contributed by atoms with van der Waals surface area (Å²) in [4.78, 5) is 11.3. The Kier molecular flexibility index (Phi) is 3.97. The molecule has 0 spiro atoms. The molecule has 0 aliphatic heterocycles. The average Bonchev–Trinajstić information content (AvgIpc) is 1.97. The van der Waals surface area contributed by atoms with Gasteiger partial charge in [0.25, 0.3) is 0 Å². The molecule has 4 nitrogen and oxygen atoms in total. The molecule has 4 heteroatoms. The quantitative estimate of drug-likeness (QED) is 0.750. The number of rotatable bonds is 3. The Labute approximate surface area is 91.5 Å². The van der Waals surface area contributed by atoms with E-state index in [0.717, 1.165) is 19.3 Å². The molecule has 1 rings (SSSR count). The van der Waals surface area contributed by atoms with Crippen molar-refractivity contribution >= 4 is 6.09 Å². The van der Waals surface area contributed by atoms with Crippen LogP contribution in [0, 0.1) is 5.92 Å². The van der Waals surface area contributed by atoms with Gasteiger partial charge in [-0.15, -0.1) is 0 Å². The third kappa shape index (κ3) is 5.02. The lowest BCUT2D eigenvalue weighted by molar-refractivity contribution is 0.0522. The maximum absolute atomic E-state index is 11.3. The number of hydrogen-bond donors (Lipinski definition) is 2. The van der Waals surface area contributed by atoms with Gasteiger partial charge in [-0.2, -0.15) is 0 Å². The van der Waals surface area contributed by atoms with E-state index in [9.17, 15) is 4.79 Å². The van der Waals surface area contributed by atoms with E-state index in [0.29, 0.717) is 18.5 Å². The van der Waals surface area contributed by atoms with E-state index in [1.807, 2.05) is 20.8 Å². The molecule has 0 heterocycles. The lowest BCUT2D eigenvalue weighted by atomic mass is 9.79. The molecule has 0 aromatic heterocycles. The molecule has 0 saturated heterocycles. The van der Waals surface area contributed by atoms with Crippen LogP contribution >= 0.6 is 0 Å². The van der Waals surface area contributed by atoms with Crippen LogP contribution in [0.25, 0.3) is 0 Å². The molecule has 0 unspecified atom stereocenters. The number of carbonyl (C=O) groups excluding carboxylic acids is 1. The van der Waals surface area contributed by atoms with E-state index < -0.39 is 5.60 Å². The predicted octanol–water partition coefficient (Wildman–Crippen LogP) is 1.64. The maximum Gasteiger partial charge on any atom is 0.407 e. The van der Waals surface area contributed by atoms with Gasteiger partial charge >= 0.3 is 6.09 Å². The number of carbonyl (C=O) groups is 1. The Morgan fingerprint density at radius 3 is 2.53 bits per heavy atom. The topological polar surface area (TPSA) is 64.3 Å². The van der Waals surface area contributed by atoms with Crippen molar-refractivity contribution in [2.45, 2.75) is 51.7 Å². The van der Waals surface area contributed by atoms with E-state index >= 15 is 0 Å². The molecule has 1 aliphatic rings. The Hall–Kier alpha value is -0.770. The van der Waals surface area contributed by atoms with Gasteiger partial charge in [0.2, 0.25) is 0 Å². The number of hydrogen-bond acceptors (Lipinski definition) is 3. The fourth-order valence-corrected chi connectivity index (χ4v) is 1.72. The van der Waals surface area contributed by atoms with Crippen LogP contribution in [0.15, 0.2) is 0 Å². The molecule has 1 amide bonds. The van der Waals surface area contributed by atoms with E-state index in [4.69, 9.17) is 10.5 Å². The monoisotopic (exact) mass is 214 g/mol. The minimum atomic E-state index is -0.414. The molecule has 1 saturated carbocycles. The molecule has 3 N–H and O–H groups in total. The first kappa shape index (κ1) is 12.3. The Balaban J connectivity index is 2.02. The number of nitrogens with two attached hydrogens (primary N) is 1. The molecule has 15 heavy (non-hydrogen) atoms. The highest BCUT2D eigenvalue weighted by Gasteiger charge is 2.25. The van der Waals surface area contributed by atoms with Gasteiger partial charge in [-0.1, -0.05) is 0 Å². The second-order valence-electron chi connectivity index (χ2n) is 5.31. The molecule has 88 valence electrons. The normalized spacial score (nSPS) is 25.6. The molecule has 0 aromatic carbocycles. The average molecular weight is 214 g/mol. The molecule has 0 aromatic rings. The highest BCUT2D eigenvalue weighted by atomic mass is 16.6. The summed E-state index contributed by atoms with van der Waals surface area (Å²) >= 11 is 0. The number of amides is 1. The largest absolute Gasteiger partial charge is 0.444 e. The fraction of sp³-hybridized carbons (Fsp3) is 0.909. The Bertz CT molecular complexity index is 217. The summed E-state index contributed by atoms with van der Waals surface area (Å²) in [5.41, 5.74) is 5.26.